The number of ether oxygens (including phenoxy) is 1. The summed E-state index contributed by atoms with van der Waals surface area (Å²) in [6.07, 6.45) is 1.54. The lowest BCUT2D eigenvalue weighted by molar-refractivity contribution is 0.100. The second kappa shape index (κ2) is 8.35. The number of amides is 1. The average molecular weight is 400 g/mol. The second-order valence-electron chi connectivity index (χ2n) is 6.75. The molecule has 0 radical (unpaired) electrons. The van der Waals surface area contributed by atoms with E-state index >= 15 is 0 Å². The summed E-state index contributed by atoms with van der Waals surface area (Å²) in [7, 11) is 0. The highest BCUT2D eigenvalue weighted by molar-refractivity contribution is 6.32. The molecule has 1 aromatic heterocycles. The van der Waals surface area contributed by atoms with Gasteiger partial charge in [-0.2, -0.15) is 5.10 Å². The molecule has 0 saturated heterocycles. The van der Waals surface area contributed by atoms with Crippen molar-refractivity contribution in [3.05, 3.63) is 70.5 Å². The van der Waals surface area contributed by atoms with Crippen molar-refractivity contribution in [3.63, 3.8) is 0 Å². The molecule has 0 spiro atoms. The largest absolute Gasteiger partial charge is 0.508 e. The van der Waals surface area contributed by atoms with Crippen molar-refractivity contribution in [2.75, 3.05) is 5.32 Å². The Morgan fingerprint density at radius 2 is 2.04 bits per heavy atom. The van der Waals surface area contributed by atoms with E-state index < -0.39 is 0 Å². The molecule has 2 N–H and O–H groups in total. The SMILES string of the molecule is Cc1cc(O)c(C(C)C)cc1NC(=O)c1ccnn1COc1ccccc1Cl. The number of aromatic hydroxyl groups is 1. The summed E-state index contributed by atoms with van der Waals surface area (Å²) in [6.45, 7) is 5.84. The maximum Gasteiger partial charge on any atom is 0.274 e. The standard InChI is InChI=1S/C21H22ClN3O3/c1-13(2)15-11-17(14(3)10-19(15)26)24-21(27)18-8-9-23-25(18)12-28-20-7-5-4-6-16(20)22/h4-11,13,26H,12H2,1-3H3,(H,24,27). The van der Waals surface area contributed by atoms with Gasteiger partial charge in [-0.25, -0.2) is 4.68 Å². The highest BCUT2D eigenvalue weighted by Gasteiger charge is 2.16. The zero-order chi connectivity index (χ0) is 20.3. The minimum atomic E-state index is -0.316. The molecular weight excluding hydrogens is 378 g/mol. The number of benzene rings is 2. The van der Waals surface area contributed by atoms with Crippen LogP contribution in [0.1, 0.15) is 41.4 Å². The summed E-state index contributed by atoms with van der Waals surface area (Å²) >= 11 is 6.09. The molecule has 0 aliphatic carbocycles. The molecule has 1 amide bonds. The molecular formula is C21H22ClN3O3. The second-order valence-corrected chi connectivity index (χ2v) is 7.16. The van der Waals surface area contributed by atoms with Crippen LogP contribution in [0.2, 0.25) is 5.02 Å². The number of rotatable bonds is 6. The summed E-state index contributed by atoms with van der Waals surface area (Å²) in [5.41, 5.74) is 2.54. The summed E-state index contributed by atoms with van der Waals surface area (Å²) in [5, 5.41) is 17.6. The lowest BCUT2D eigenvalue weighted by Crippen LogP contribution is -2.20. The predicted octanol–water partition coefficient (Wildman–Crippen LogP) is 4.96. The van der Waals surface area contributed by atoms with Crippen molar-refractivity contribution in [2.24, 2.45) is 0 Å². The van der Waals surface area contributed by atoms with E-state index in [1.807, 2.05) is 32.9 Å². The summed E-state index contributed by atoms with van der Waals surface area (Å²) in [6, 6.07) is 12.2. The Labute approximate surface area is 168 Å². The Morgan fingerprint density at radius 3 is 2.75 bits per heavy atom. The molecule has 0 aliphatic rings. The molecule has 0 fully saturated rings. The number of phenolic OH excluding ortho intramolecular Hbond substituents is 1. The van der Waals surface area contributed by atoms with Crippen molar-refractivity contribution >= 4 is 23.2 Å². The number of aryl methyl sites for hydroxylation is 1. The zero-order valence-electron chi connectivity index (χ0n) is 15.9. The number of carbonyl (C=O) groups is 1. The van der Waals surface area contributed by atoms with Gasteiger partial charge in [-0.3, -0.25) is 4.79 Å². The van der Waals surface area contributed by atoms with Crippen LogP contribution in [0.15, 0.2) is 48.7 Å². The van der Waals surface area contributed by atoms with Crippen LogP contribution >= 0.6 is 11.6 Å². The van der Waals surface area contributed by atoms with E-state index in [9.17, 15) is 9.90 Å². The van der Waals surface area contributed by atoms with Crippen molar-refractivity contribution < 1.29 is 14.6 Å². The quantitative estimate of drug-likeness (QED) is 0.574. The summed E-state index contributed by atoms with van der Waals surface area (Å²) < 4.78 is 7.12. The highest BCUT2D eigenvalue weighted by Crippen LogP contribution is 2.31. The first-order chi connectivity index (χ1) is 13.4. The van der Waals surface area contributed by atoms with Gasteiger partial charge in [0.1, 0.15) is 17.2 Å². The topological polar surface area (TPSA) is 76.4 Å². The smallest absolute Gasteiger partial charge is 0.274 e. The van der Waals surface area contributed by atoms with Gasteiger partial charge in [0, 0.05) is 11.9 Å². The minimum absolute atomic E-state index is 0.0469. The van der Waals surface area contributed by atoms with Gasteiger partial charge in [-0.15, -0.1) is 0 Å². The van der Waals surface area contributed by atoms with Crippen LogP contribution in [-0.2, 0) is 6.73 Å². The van der Waals surface area contributed by atoms with Gasteiger partial charge in [-0.05, 0) is 54.3 Å². The molecule has 0 aliphatic heterocycles. The van der Waals surface area contributed by atoms with Crippen LogP contribution in [0.4, 0.5) is 5.69 Å². The molecule has 6 nitrogen and oxygen atoms in total. The van der Waals surface area contributed by atoms with E-state index in [1.54, 1.807) is 30.3 Å². The Morgan fingerprint density at radius 1 is 1.29 bits per heavy atom. The van der Waals surface area contributed by atoms with Gasteiger partial charge >= 0.3 is 0 Å². The highest BCUT2D eigenvalue weighted by atomic mass is 35.5. The van der Waals surface area contributed by atoms with E-state index in [0.717, 1.165) is 11.1 Å². The van der Waals surface area contributed by atoms with Gasteiger partial charge < -0.3 is 15.2 Å². The number of aromatic nitrogens is 2. The number of nitrogens with one attached hydrogen (secondary N) is 1. The van der Waals surface area contributed by atoms with Gasteiger partial charge in [0.05, 0.1) is 5.02 Å². The normalized spacial score (nSPS) is 10.9. The fourth-order valence-corrected chi connectivity index (χ4v) is 3.00. The predicted molar refractivity (Wildman–Crippen MR) is 109 cm³/mol. The van der Waals surface area contributed by atoms with E-state index in [0.29, 0.717) is 22.2 Å². The van der Waals surface area contributed by atoms with Crippen LogP contribution in [0.5, 0.6) is 11.5 Å². The van der Waals surface area contributed by atoms with Crippen LogP contribution in [-0.4, -0.2) is 20.8 Å². The number of nitrogens with zero attached hydrogens (tertiary/aromatic N) is 2. The number of phenols is 1. The van der Waals surface area contributed by atoms with Gasteiger partial charge in [0.2, 0.25) is 0 Å². The van der Waals surface area contributed by atoms with Crippen molar-refractivity contribution in [1.29, 1.82) is 0 Å². The monoisotopic (exact) mass is 399 g/mol. The molecule has 0 bridgehead atoms. The third-order valence-electron chi connectivity index (χ3n) is 4.37. The summed E-state index contributed by atoms with van der Waals surface area (Å²) in [5.74, 6) is 0.556. The van der Waals surface area contributed by atoms with E-state index in [2.05, 4.69) is 10.4 Å². The van der Waals surface area contributed by atoms with Gasteiger partial charge in [0.25, 0.3) is 5.91 Å². The molecule has 0 saturated carbocycles. The maximum absolute atomic E-state index is 12.8. The number of carbonyl (C=O) groups excluding carboxylic acids is 1. The fraction of sp³-hybridized carbons (Fsp3) is 0.238. The third kappa shape index (κ3) is 4.28. The maximum atomic E-state index is 12.8. The molecule has 3 rings (SSSR count). The Bertz CT molecular complexity index is 998. The first-order valence-corrected chi connectivity index (χ1v) is 9.28. The summed E-state index contributed by atoms with van der Waals surface area (Å²) in [4.78, 5) is 12.8. The molecule has 7 heteroatoms. The van der Waals surface area contributed by atoms with Crippen LogP contribution in [0.25, 0.3) is 0 Å². The Kier molecular flexibility index (Phi) is 5.90. The molecule has 146 valence electrons. The van der Waals surface area contributed by atoms with Crippen molar-refractivity contribution in [2.45, 2.75) is 33.4 Å². The van der Waals surface area contributed by atoms with Gasteiger partial charge in [-0.1, -0.05) is 37.6 Å². The first-order valence-electron chi connectivity index (χ1n) is 8.90. The number of para-hydroxylation sites is 1. The zero-order valence-corrected chi connectivity index (χ0v) is 16.7. The number of hydrogen-bond donors (Lipinski definition) is 2. The van der Waals surface area contributed by atoms with Crippen LogP contribution in [0, 0.1) is 6.92 Å². The van der Waals surface area contributed by atoms with E-state index in [1.165, 1.54) is 10.9 Å². The van der Waals surface area contributed by atoms with E-state index in [4.69, 9.17) is 16.3 Å². The van der Waals surface area contributed by atoms with Crippen molar-refractivity contribution in [3.8, 4) is 11.5 Å². The molecule has 1 heterocycles. The Hall–Kier alpha value is -2.99. The first kappa shape index (κ1) is 19.8. The van der Waals surface area contributed by atoms with Gasteiger partial charge in [0.15, 0.2) is 6.73 Å². The minimum Gasteiger partial charge on any atom is -0.508 e. The van der Waals surface area contributed by atoms with E-state index in [-0.39, 0.29) is 24.3 Å². The van der Waals surface area contributed by atoms with Crippen LogP contribution < -0.4 is 10.1 Å². The Balaban J connectivity index is 1.77. The molecule has 0 atom stereocenters. The average Bonchev–Trinajstić information content (AvgIpc) is 3.11. The molecule has 2 aromatic carbocycles. The lowest BCUT2D eigenvalue weighted by atomic mass is 9.99. The molecule has 3 aromatic rings. The van der Waals surface area contributed by atoms with Crippen molar-refractivity contribution in [1.82, 2.24) is 9.78 Å². The third-order valence-corrected chi connectivity index (χ3v) is 4.68. The molecule has 28 heavy (non-hydrogen) atoms. The number of anilines is 1. The molecule has 0 unspecified atom stereocenters. The van der Waals surface area contributed by atoms with Crippen LogP contribution in [0.3, 0.4) is 0 Å². The lowest BCUT2D eigenvalue weighted by Gasteiger charge is -2.15. The fourth-order valence-electron chi connectivity index (χ4n) is 2.81. The number of hydrogen-bond acceptors (Lipinski definition) is 4. The number of halogens is 1.